The van der Waals surface area contributed by atoms with Gasteiger partial charge in [0.15, 0.2) is 0 Å². The highest BCUT2D eigenvalue weighted by molar-refractivity contribution is 5.90. The van der Waals surface area contributed by atoms with E-state index in [0.717, 1.165) is 0 Å². The van der Waals surface area contributed by atoms with Crippen LogP contribution in [0.25, 0.3) is 5.69 Å². The molecule has 0 radical (unpaired) electrons. The molecule has 1 saturated heterocycles. The lowest BCUT2D eigenvalue weighted by Gasteiger charge is -2.14. The van der Waals surface area contributed by atoms with Crippen molar-refractivity contribution in [2.75, 3.05) is 23.3 Å². The summed E-state index contributed by atoms with van der Waals surface area (Å²) in [7, 11) is 0. The van der Waals surface area contributed by atoms with E-state index in [1.807, 2.05) is 0 Å². The molecule has 2 aromatic heterocycles. The number of anilines is 2. The molecule has 3 aromatic rings. The minimum atomic E-state index is -0.612. The molecule has 1 aliphatic rings. The number of pyridine rings is 1. The van der Waals surface area contributed by atoms with Crippen molar-refractivity contribution in [1.82, 2.24) is 19.9 Å². The fourth-order valence-corrected chi connectivity index (χ4v) is 3.57. The Bertz CT molecular complexity index is 1290. The van der Waals surface area contributed by atoms with Gasteiger partial charge < -0.3 is 19.9 Å². The number of rotatable bonds is 8. The molecule has 2 N–H and O–H groups in total. The van der Waals surface area contributed by atoms with Crippen LogP contribution in [0.3, 0.4) is 0 Å². The number of aryl methyl sites for hydroxylation is 1. The van der Waals surface area contributed by atoms with Crippen LogP contribution in [-0.2, 0) is 16.1 Å². The highest BCUT2D eigenvalue weighted by Crippen LogP contribution is 2.26. The first-order chi connectivity index (χ1) is 16.7. The van der Waals surface area contributed by atoms with Crippen LogP contribution < -0.4 is 15.5 Å². The Kier molecular flexibility index (Phi) is 6.57. The summed E-state index contributed by atoms with van der Waals surface area (Å²) in [5, 5.41) is 16.5. The van der Waals surface area contributed by atoms with Gasteiger partial charge >= 0.3 is 6.09 Å². The topological polar surface area (TPSA) is 145 Å². The molecule has 4 rings (SSSR count). The van der Waals surface area contributed by atoms with Crippen LogP contribution in [0.2, 0.25) is 0 Å². The molecular weight excluding hydrogens is 461 g/mol. The minimum absolute atomic E-state index is 0.0656. The molecule has 1 aliphatic heterocycles. The average molecular weight is 483 g/mol. The predicted molar refractivity (Wildman–Crippen MR) is 123 cm³/mol. The van der Waals surface area contributed by atoms with Gasteiger partial charge in [0, 0.05) is 18.7 Å². The van der Waals surface area contributed by atoms with Crippen LogP contribution in [0.4, 0.5) is 26.4 Å². The third-order valence-corrected chi connectivity index (χ3v) is 5.34. The first-order valence-corrected chi connectivity index (χ1v) is 10.6. The normalized spacial score (nSPS) is 15.1. The zero-order valence-corrected chi connectivity index (χ0v) is 18.9. The Morgan fingerprint density at radius 2 is 2.14 bits per heavy atom. The highest BCUT2D eigenvalue weighted by atomic mass is 19.1. The molecule has 12 nitrogen and oxygen atoms in total. The lowest BCUT2D eigenvalue weighted by molar-refractivity contribution is -0.385. The summed E-state index contributed by atoms with van der Waals surface area (Å²) >= 11 is 0. The van der Waals surface area contributed by atoms with E-state index < -0.39 is 22.9 Å². The van der Waals surface area contributed by atoms with Gasteiger partial charge in [-0.15, -0.1) is 0 Å². The number of nitrogens with zero attached hydrogens (tertiary/aromatic N) is 5. The Labute approximate surface area is 198 Å². The molecule has 0 aliphatic carbocycles. The summed E-state index contributed by atoms with van der Waals surface area (Å²) < 4.78 is 21.6. The lowest BCUT2D eigenvalue weighted by Crippen LogP contribution is -2.33. The Morgan fingerprint density at radius 3 is 2.83 bits per heavy atom. The molecule has 3 heterocycles. The first kappa shape index (κ1) is 23.6. The fraction of sp³-hybridized carbons (Fsp3) is 0.273. The van der Waals surface area contributed by atoms with Gasteiger partial charge in [-0.2, -0.15) is 0 Å². The zero-order chi connectivity index (χ0) is 25.1. The summed E-state index contributed by atoms with van der Waals surface area (Å²) in [5.74, 6) is -0.346. The molecule has 0 bridgehead atoms. The van der Waals surface area contributed by atoms with Gasteiger partial charge in [-0.1, -0.05) is 0 Å². The zero-order valence-electron chi connectivity index (χ0n) is 18.9. The lowest BCUT2D eigenvalue weighted by atomic mass is 10.2. The van der Waals surface area contributed by atoms with Crippen molar-refractivity contribution < 1.29 is 23.6 Å². The van der Waals surface area contributed by atoms with Gasteiger partial charge in [-0.05, 0) is 31.2 Å². The van der Waals surface area contributed by atoms with E-state index in [4.69, 9.17) is 4.74 Å². The maximum atomic E-state index is 14.9. The van der Waals surface area contributed by atoms with Gasteiger partial charge in [0.2, 0.25) is 5.91 Å². The van der Waals surface area contributed by atoms with Gasteiger partial charge in [-0.3, -0.25) is 19.8 Å². The fourth-order valence-electron chi connectivity index (χ4n) is 3.57. The number of nitrogens with one attached hydrogen (secondary N) is 2. The summed E-state index contributed by atoms with van der Waals surface area (Å²) in [6.07, 6.45) is 3.14. The van der Waals surface area contributed by atoms with Crippen molar-refractivity contribution >= 4 is 29.2 Å². The number of ether oxygens (including phenoxy) is 1. The second kappa shape index (κ2) is 9.75. The molecule has 1 aromatic carbocycles. The van der Waals surface area contributed by atoms with E-state index >= 15 is 0 Å². The Morgan fingerprint density at radius 1 is 1.34 bits per heavy atom. The molecule has 35 heavy (non-hydrogen) atoms. The van der Waals surface area contributed by atoms with Crippen LogP contribution in [-0.4, -0.2) is 50.7 Å². The number of aromatic nitrogens is 3. The first-order valence-electron chi connectivity index (χ1n) is 10.6. The van der Waals surface area contributed by atoms with Crippen molar-refractivity contribution in [2.24, 2.45) is 0 Å². The SMILES string of the molecule is CC(=O)NC[C@H]1CN(c2ccc(-n3cnc(CNc4cc(C)c([N+](=O)[O-])cn4)c3)c(F)c2)C(=O)O1. The monoisotopic (exact) mass is 483 g/mol. The molecule has 0 saturated carbocycles. The number of nitro groups is 1. The van der Waals surface area contributed by atoms with E-state index in [-0.39, 0.29) is 36.9 Å². The molecule has 1 fully saturated rings. The second-order valence-electron chi connectivity index (χ2n) is 7.93. The molecule has 13 heteroatoms. The van der Waals surface area contributed by atoms with Crippen LogP contribution >= 0.6 is 0 Å². The van der Waals surface area contributed by atoms with Crippen molar-refractivity contribution in [3.8, 4) is 5.69 Å². The maximum Gasteiger partial charge on any atom is 0.414 e. The van der Waals surface area contributed by atoms with Crippen LogP contribution in [0.5, 0.6) is 0 Å². The summed E-state index contributed by atoms with van der Waals surface area (Å²) in [5.41, 5.74) is 1.57. The van der Waals surface area contributed by atoms with Crippen LogP contribution in [0.15, 0.2) is 43.0 Å². The van der Waals surface area contributed by atoms with Gasteiger partial charge in [-0.25, -0.2) is 19.2 Å². The van der Waals surface area contributed by atoms with Crippen LogP contribution in [0, 0.1) is 22.9 Å². The van der Waals surface area contributed by atoms with E-state index in [1.165, 1.54) is 41.0 Å². The van der Waals surface area contributed by atoms with Crippen molar-refractivity contribution in [3.63, 3.8) is 0 Å². The Balaban J connectivity index is 1.41. The van der Waals surface area contributed by atoms with Gasteiger partial charge in [0.1, 0.15) is 23.9 Å². The molecule has 182 valence electrons. The number of amides is 2. The number of carbonyl (C=O) groups is 2. The largest absolute Gasteiger partial charge is 0.442 e. The number of halogens is 1. The number of hydrogen-bond acceptors (Lipinski definition) is 8. The minimum Gasteiger partial charge on any atom is -0.442 e. The van der Waals surface area contributed by atoms with Gasteiger partial charge in [0.05, 0.1) is 48.0 Å². The molecule has 0 unspecified atom stereocenters. The van der Waals surface area contributed by atoms with Crippen molar-refractivity contribution in [2.45, 2.75) is 26.5 Å². The summed E-state index contributed by atoms with van der Waals surface area (Å²) in [6, 6.07) is 5.93. The molecule has 0 spiro atoms. The predicted octanol–water partition coefficient (Wildman–Crippen LogP) is 2.70. The third kappa shape index (κ3) is 5.34. The highest BCUT2D eigenvalue weighted by Gasteiger charge is 2.32. The summed E-state index contributed by atoms with van der Waals surface area (Å²) in [4.78, 5) is 43.2. The van der Waals surface area contributed by atoms with Crippen molar-refractivity contribution in [1.29, 1.82) is 0 Å². The smallest absolute Gasteiger partial charge is 0.414 e. The number of hydrogen-bond donors (Lipinski definition) is 2. The number of carbonyl (C=O) groups excluding carboxylic acids is 2. The number of cyclic esters (lactones) is 1. The van der Waals surface area contributed by atoms with Crippen LogP contribution in [0.1, 0.15) is 18.2 Å². The number of imidazole rings is 1. The average Bonchev–Trinajstić information content (AvgIpc) is 3.42. The van der Waals surface area contributed by atoms with E-state index in [9.17, 15) is 24.1 Å². The van der Waals surface area contributed by atoms with Gasteiger partial charge in [0.25, 0.3) is 5.69 Å². The van der Waals surface area contributed by atoms with E-state index in [1.54, 1.807) is 25.3 Å². The molecule has 2 amide bonds. The molecule has 1 atom stereocenters. The van der Waals surface area contributed by atoms with E-state index in [0.29, 0.717) is 22.8 Å². The quantitative estimate of drug-likeness (QED) is 0.368. The third-order valence-electron chi connectivity index (χ3n) is 5.34. The second-order valence-corrected chi connectivity index (χ2v) is 7.93. The summed E-state index contributed by atoms with van der Waals surface area (Å²) in [6.45, 7) is 3.63. The van der Waals surface area contributed by atoms with E-state index in [2.05, 4.69) is 20.6 Å². The number of benzene rings is 1. The van der Waals surface area contributed by atoms with Crippen molar-refractivity contribution in [3.05, 3.63) is 70.2 Å². The Hall–Kier alpha value is -4.55. The maximum absolute atomic E-state index is 14.9. The molecular formula is C22H22FN7O5. The standard InChI is InChI=1S/C22H22FN7O5/c1-13-5-21(26-9-20(13)30(33)34)25-7-15-10-28(12-27-15)19-4-3-16(6-18(19)23)29-11-17(35-22(29)32)8-24-14(2)31/h3-6,9-10,12,17H,7-8,11H2,1-2H3,(H,24,31)(H,25,26)/t17-/m0/s1.